The van der Waals surface area contributed by atoms with E-state index in [0.717, 1.165) is 4.88 Å². The molecule has 3 heteroatoms. The van der Waals surface area contributed by atoms with Gasteiger partial charge in [-0.05, 0) is 17.5 Å². The largest absolute Gasteiger partial charge is 0.294 e. The van der Waals surface area contributed by atoms with E-state index in [0.29, 0.717) is 11.4 Å². The average Bonchev–Trinajstić information content (AvgIpc) is 2.37. The van der Waals surface area contributed by atoms with E-state index >= 15 is 0 Å². The van der Waals surface area contributed by atoms with E-state index in [9.17, 15) is 4.79 Å². The fourth-order valence-corrected chi connectivity index (χ4v) is 1.79. The second-order valence-electron chi connectivity index (χ2n) is 2.04. The lowest BCUT2D eigenvalue weighted by Crippen LogP contribution is -1.95. The molecule has 0 radical (unpaired) electrons. The first-order valence-corrected chi connectivity index (χ1v) is 4.37. The summed E-state index contributed by atoms with van der Waals surface area (Å²) in [7, 11) is 0. The summed E-state index contributed by atoms with van der Waals surface area (Å²) >= 11 is 7.26. The van der Waals surface area contributed by atoms with Crippen LogP contribution in [0.2, 0.25) is 5.02 Å². The third kappa shape index (κ3) is 2.17. The van der Waals surface area contributed by atoms with Crippen molar-refractivity contribution in [3.63, 3.8) is 0 Å². The summed E-state index contributed by atoms with van der Waals surface area (Å²) in [5.74, 6) is 0.00866. The average molecular weight is 187 g/mol. The highest BCUT2D eigenvalue weighted by atomic mass is 35.5. The lowest BCUT2D eigenvalue weighted by atomic mass is 10.2. The molecule has 0 unspecified atom stereocenters. The molecule has 0 amide bonds. The van der Waals surface area contributed by atoms with Gasteiger partial charge in [0, 0.05) is 11.3 Å². The summed E-state index contributed by atoms with van der Waals surface area (Å²) < 4.78 is 0. The van der Waals surface area contributed by atoms with Crippen molar-refractivity contribution < 1.29 is 4.79 Å². The molecule has 1 aromatic heterocycles. The second kappa shape index (κ2) is 3.69. The highest BCUT2D eigenvalue weighted by Gasteiger charge is 2.04. The van der Waals surface area contributed by atoms with Crippen LogP contribution in [0.15, 0.2) is 24.1 Å². The number of carbonyl (C=O) groups is 1. The number of hydrogen-bond donors (Lipinski definition) is 0. The van der Waals surface area contributed by atoms with Crippen LogP contribution in [0, 0.1) is 0 Å². The predicted octanol–water partition coefficient (Wildman–Crippen LogP) is 2.70. The van der Waals surface area contributed by atoms with Gasteiger partial charge < -0.3 is 0 Å². The van der Waals surface area contributed by atoms with Gasteiger partial charge in [-0.2, -0.15) is 0 Å². The van der Waals surface area contributed by atoms with Gasteiger partial charge >= 0.3 is 0 Å². The zero-order chi connectivity index (χ0) is 8.27. The Bertz CT molecular complexity index is 277. The summed E-state index contributed by atoms with van der Waals surface area (Å²) in [5.41, 5.74) is 0. The van der Waals surface area contributed by atoms with E-state index < -0.39 is 0 Å². The third-order valence-corrected chi connectivity index (χ3v) is 2.64. The van der Waals surface area contributed by atoms with E-state index in [4.69, 9.17) is 11.6 Å². The maximum Gasteiger partial charge on any atom is 0.160 e. The van der Waals surface area contributed by atoms with Crippen molar-refractivity contribution in [3.8, 4) is 0 Å². The summed E-state index contributed by atoms with van der Waals surface area (Å²) in [6.07, 6.45) is 1.69. The second-order valence-corrected chi connectivity index (χ2v) is 3.45. The molecule has 0 saturated heterocycles. The van der Waals surface area contributed by atoms with Crippen molar-refractivity contribution in [1.29, 1.82) is 0 Å². The van der Waals surface area contributed by atoms with E-state index in [2.05, 4.69) is 6.58 Å². The Labute approximate surface area is 74.3 Å². The fourth-order valence-electron chi connectivity index (χ4n) is 0.682. The zero-order valence-corrected chi connectivity index (χ0v) is 7.41. The van der Waals surface area contributed by atoms with Gasteiger partial charge in [0.2, 0.25) is 0 Å². The van der Waals surface area contributed by atoms with Crippen LogP contribution in [0.1, 0.15) is 4.88 Å². The van der Waals surface area contributed by atoms with Gasteiger partial charge in [-0.25, -0.2) is 0 Å². The first-order valence-electron chi connectivity index (χ1n) is 3.11. The van der Waals surface area contributed by atoms with Crippen molar-refractivity contribution >= 4 is 28.7 Å². The normalized spacial score (nSPS) is 9.55. The summed E-state index contributed by atoms with van der Waals surface area (Å²) in [4.78, 5) is 11.8. The van der Waals surface area contributed by atoms with Gasteiger partial charge in [-0.3, -0.25) is 4.79 Å². The first kappa shape index (κ1) is 8.50. The number of hydrogen-bond acceptors (Lipinski definition) is 2. The van der Waals surface area contributed by atoms with Crippen LogP contribution in [-0.2, 0) is 11.2 Å². The third-order valence-electron chi connectivity index (χ3n) is 1.25. The van der Waals surface area contributed by atoms with Crippen LogP contribution in [0.4, 0.5) is 0 Å². The SMILES string of the molecule is C=CC(=O)Cc1sccc1Cl. The molecule has 0 atom stereocenters. The van der Waals surface area contributed by atoms with Crippen LogP contribution >= 0.6 is 22.9 Å². The zero-order valence-electron chi connectivity index (χ0n) is 5.84. The minimum Gasteiger partial charge on any atom is -0.294 e. The molecule has 1 nitrogen and oxygen atoms in total. The summed E-state index contributed by atoms with van der Waals surface area (Å²) in [5, 5.41) is 2.54. The predicted molar refractivity (Wildman–Crippen MR) is 48.2 cm³/mol. The van der Waals surface area contributed by atoms with Gasteiger partial charge in [-0.15, -0.1) is 11.3 Å². The molecule has 1 heterocycles. The first-order chi connectivity index (χ1) is 5.24. The Morgan fingerprint density at radius 3 is 3.00 bits per heavy atom. The van der Waals surface area contributed by atoms with Crippen molar-refractivity contribution in [3.05, 3.63) is 34.0 Å². The molecule has 11 heavy (non-hydrogen) atoms. The van der Waals surface area contributed by atoms with E-state index in [1.807, 2.05) is 5.38 Å². The molecule has 0 saturated carbocycles. The molecular weight excluding hydrogens is 180 g/mol. The summed E-state index contributed by atoms with van der Waals surface area (Å²) in [6, 6.07) is 1.79. The molecule has 0 bridgehead atoms. The maximum absolute atomic E-state index is 10.9. The van der Waals surface area contributed by atoms with Crippen LogP contribution in [-0.4, -0.2) is 5.78 Å². The van der Waals surface area contributed by atoms with Gasteiger partial charge in [-0.1, -0.05) is 18.2 Å². The molecule has 0 fully saturated rings. The number of rotatable bonds is 3. The smallest absolute Gasteiger partial charge is 0.160 e. The molecule has 0 aliphatic rings. The maximum atomic E-state index is 10.9. The van der Waals surface area contributed by atoms with Gasteiger partial charge in [0.05, 0.1) is 5.02 Å². The molecular formula is C8H7ClOS. The van der Waals surface area contributed by atoms with Crippen molar-refractivity contribution in [2.45, 2.75) is 6.42 Å². The molecule has 0 N–H and O–H groups in total. The lowest BCUT2D eigenvalue weighted by molar-refractivity contribution is -0.113. The molecule has 1 rings (SSSR count). The molecule has 0 aliphatic carbocycles. The Morgan fingerprint density at radius 2 is 2.55 bits per heavy atom. The molecule has 0 spiro atoms. The van der Waals surface area contributed by atoms with Gasteiger partial charge in [0.1, 0.15) is 0 Å². The Morgan fingerprint density at radius 1 is 1.82 bits per heavy atom. The Kier molecular flexibility index (Phi) is 2.85. The van der Waals surface area contributed by atoms with E-state index in [-0.39, 0.29) is 5.78 Å². The summed E-state index contributed by atoms with van der Waals surface area (Å²) in [6.45, 7) is 3.38. The quantitative estimate of drug-likeness (QED) is 0.664. The number of carbonyl (C=O) groups excluding carboxylic acids is 1. The van der Waals surface area contributed by atoms with E-state index in [1.165, 1.54) is 17.4 Å². The standard InChI is InChI=1S/C8H7ClOS/c1-2-6(10)5-8-7(9)3-4-11-8/h2-4H,1,5H2. The van der Waals surface area contributed by atoms with Crippen molar-refractivity contribution in [2.75, 3.05) is 0 Å². The Hall–Kier alpha value is -0.600. The minimum absolute atomic E-state index is 0.00866. The van der Waals surface area contributed by atoms with Crippen LogP contribution in [0.5, 0.6) is 0 Å². The van der Waals surface area contributed by atoms with E-state index in [1.54, 1.807) is 6.07 Å². The number of halogens is 1. The van der Waals surface area contributed by atoms with Crippen molar-refractivity contribution in [1.82, 2.24) is 0 Å². The van der Waals surface area contributed by atoms with Crippen LogP contribution in [0.3, 0.4) is 0 Å². The molecule has 0 aliphatic heterocycles. The van der Waals surface area contributed by atoms with Gasteiger partial charge in [0.25, 0.3) is 0 Å². The Balaban J connectivity index is 2.71. The van der Waals surface area contributed by atoms with Crippen LogP contribution < -0.4 is 0 Å². The molecule has 1 aromatic rings. The number of ketones is 1. The fraction of sp³-hybridized carbons (Fsp3) is 0.125. The monoisotopic (exact) mass is 186 g/mol. The highest BCUT2D eigenvalue weighted by molar-refractivity contribution is 7.10. The molecule has 58 valence electrons. The van der Waals surface area contributed by atoms with Crippen molar-refractivity contribution in [2.24, 2.45) is 0 Å². The molecule has 0 aromatic carbocycles. The van der Waals surface area contributed by atoms with Gasteiger partial charge in [0.15, 0.2) is 5.78 Å². The number of thiophene rings is 1. The number of allylic oxidation sites excluding steroid dienone is 1. The van der Waals surface area contributed by atoms with Crippen LogP contribution in [0.25, 0.3) is 0 Å². The lowest BCUT2D eigenvalue weighted by Gasteiger charge is -1.91. The highest BCUT2D eigenvalue weighted by Crippen LogP contribution is 2.22. The topological polar surface area (TPSA) is 17.1 Å². The minimum atomic E-state index is 0.00866.